The van der Waals surface area contributed by atoms with Crippen LogP contribution in [0.3, 0.4) is 0 Å². The number of rotatable bonds is 4. The van der Waals surface area contributed by atoms with Crippen molar-refractivity contribution in [2.24, 2.45) is 0 Å². The number of benzene rings is 3. The van der Waals surface area contributed by atoms with Gasteiger partial charge in [-0.05, 0) is 54.1 Å². The maximum Gasteiger partial charge on any atom is 0.251 e. The lowest BCUT2D eigenvalue weighted by Gasteiger charge is -2.06. The number of aromatic nitrogens is 1. The number of oxazole rings is 1. The van der Waals surface area contributed by atoms with E-state index >= 15 is 0 Å². The molecule has 3 aromatic carbocycles. The van der Waals surface area contributed by atoms with Gasteiger partial charge < -0.3 is 9.73 Å². The summed E-state index contributed by atoms with van der Waals surface area (Å²) in [5.74, 6) is 0.452. The number of nitrogens with one attached hydrogen (secondary N) is 1. The quantitative estimate of drug-likeness (QED) is 0.551. The van der Waals surface area contributed by atoms with Crippen molar-refractivity contribution in [2.45, 2.75) is 6.54 Å². The summed E-state index contributed by atoms with van der Waals surface area (Å²) in [6, 6.07) is 22.3. The number of halogens is 1. The summed E-state index contributed by atoms with van der Waals surface area (Å²) in [6.45, 7) is 0.440. The lowest BCUT2D eigenvalue weighted by molar-refractivity contribution is 0.0951. The Morgan fingerprint density at radius 2 is 1.69 bits per heavy atom. The summed E-state index contributed by atoms with van der Waals surface area (Å²) in [6.07, 6.45) is 0. The Morgan fingerprint density at radius 1 is 0.962 bits per heavy atom. The van der Waals surface area contributed by atoms with Crippen LogP contribution in [-0.4, -0.2) is 10.9 Å². The Labute approximate surface area is 155 Å². The second-order valence-electron chi connectivity index (χ2n) is 5.87. The Morgan fingerprint density at radius 3 is 2.42 bits per heavy atom. The van der Waals surface area contributed by atoms with Crippen molar-refractivity contribution in [1.29, 1.82) is 0 Å². The molecule has 0 atom stereocenters. The second kappa shape index (κ2) is 7.02. The Balaban J connectivity index is 1.44. The maximum absolute atomic E-state index is 12.1. The highest BCUT2D eigenvalue weighted by atomic mass is 35.5. The molecule has 1 aromatic heterocycles. The lowest BCUT2D eigenvalue weighted by atomic mass is 10.1. The fraction of sp³-hybridized carbons (Fsp3) is 0.0476. The Kier molecular flexibility index (Phi) is 4.42. The van der Waals surface area contributed by atoms with Gasteiger partial charge in [0.2, 0.25) is 5.89 Å². The zero-order valence-electron chi connectivity index (χ0n) is 13.8. The van der Waals surface area contributed by atoms with Crippen molar-refractivity contribution in [3.05, 3.63) is 88.9 Å². The molecular formula is C21H15ClN2O2. The lowest BCUT2D eigenvalue weighted by Crippen LogP contribution is -2.22. The smallest absolute Gasteiger partial charge is 0.251 e. The summed E-state index contributed by atoms with van der Waals surface area (Å²) in [4.78, 5) is 16.6. The van der Waals surface area contributed by atoms with Crippen LogP contribution in [0.5, 0.6) is 0 Å². The van der Waals surface area contributed by atoms with Crippen LogP contribution >= 0.6 is 11.6 Å². The van der Waals surface area contributed by atoms with Crippen molar-refractivity contribution in [3.8, 4) is 11.5 Å². The number of hydrogen-bond acceptors (Lipinski definition) is 3. The van der Waals surface area contributed by atoms with E-state index in [0.717, 1.165) is 22.2 Å². The van der Waals surface area contributed by atoms with Crippen molar-refractivity contribution < 1.29 is 9.21 Å². The number of nitrogens with zero attached hydrogens (tertiary/aromatic N) is 1. The van der Waals surface area contributed by atoms with E-state index < -0.39 is 0 Å². The minimum Gasteiger partial charge on any atom is -0.436 e. The van der Waals surface area contributed by atoms with Crippen LogP contribution in [0.25, 0.3) is 22.6 Å². The van der Waals surface area contributed by atoms with Crippen LogP contribution in [0.15, 0.2) is 77.2 Å². The summed E-state index contributed by atoms with van der Waals surface area (Å²) in [7, 11) is 0. The Hall–Kier alpha value is -3.11. The first kappa shape index (κ1) is 16.4. The summed E-state index contributed by atoms with van der Waals surface area (Å²) >= 11 is 5.84. The molecule has 4 nitrogen and oxygen atoms in total. The third-order valence-electron chi connectivity index (χ3n) is 4.05. The van der Waals surface area contributed by atoms with Gasteiger partial charge in [-0.3, -0.25) is 4.79 Å². The number of carbonyl (C=O) groups is 1. The predicted octanol–water partition coefficient (Wildman–Crippen LogP) is 5.08. The number of hydrogen-bond donors (Lipinski definition) is 1. The molecule has 1 amide bonds. The molecule has 0 saturated heterocycles. The molecule has 0 aliphatic carbocycles. The zero-order valence-corrected chi connectivity index (χ0v) is 14.5. The van der Waals surface area contributed by atoms with Crippen molar-refractivity contribution >= 4 is 28.6 Å². The zero-order chi connectivity index (χ0) is 17.9. The van der Waals surface area contributed by atoms with E-state index in [2.05, 4.69) is 10.3 Å². The second-order valence-corrected chi connectivity index (χ2v) is 6.31. The van der Waals surface area contributed by atoms with Crippen LogP contribution in [0.4, 0.5) is 0 Å². The van der Waals surface area contributed by atoms with Crippen molar-refractivity contribution in [2.75, 3.05) is 0 Å². The third kappa shape index (κ3) is 3.46. The molecule has 128 valence electrons. The first-order valence-corrected chi connectivity index (χ1v) is 8.55. The van der Waals surface area contributed by atoms with Gasteiger partial charge in [-0.2, -0.15) is 0 Å². The van der Waals surface area contributed by atoms with Gasteiger partial charge >= 0.3 is 0 Å². The van der Waals surface area contributed by atoms with E-state index in [1.807, 2.05) is 48.5 Å². The van der Waals surface area contributed by atoms with Gasteiger partial charge in [0.25, 0.3) is 5.91 Å². The molecule has 4 rings (SSSR count). The van der Waals surface area contributed by atoms with Crippen LogP contribution in [0, 0.1) is 0 Å². The van der Waals surface area contributed by atoms with Gasteiger partial charge in [-0.25, -0.2) is 4.98 Å². The van der Waals surface area contributed by atoms with E-state index in [-0.39, 0.29) is 5.91 Å². The molecular weight excluding hydrogens is 348 g/mol. The standard InChI is InChI=1S/C21H15ClN2O2/c22-17-11-9-15(10-12-17)20(25)23-13-14-5-7-16(8-6-14)21-24-18-3-1-2-4-19(18)26-21/h1-12H,13H2,(H,23,25). The molecule has 5 heteroatoms. The van der Waals surface area contributed by atoms with Crippen molar-refractivity contribution in [1.82, 2.24) is 10.3 Å². The minimum absolute atomic E-state index is 0.135. The average Bonchev–Trinajstić information content (AvgIpc) is 3.11. The number of fused-ring (bicyclic) bond motifs is 1. The monoisotopic (exact) mass is 362 g/mol. The average molecular weight is 363 g/mol. The fourth-order valence-corrected chi connectivity index (χ4v) is 2.77. The van der Waals surface area contributed by atoms with E-state index in [1.165, 1.54) is 0 Å². The first-order chi connectivity index (χ1) is 12.7. The molecule has 1 N–H and O–H groups in total. The largest absolute Gasteiger partial charge is 0.436 e. The molecule has 0 aliphatic rings. The van der Waals surface area contributed by atoms with Crippen LogP contribution in [-0.2, 0) is 6.54 Å². The number of para-hydroxylation sites is 2. The molecule has 0 aliphatic heterocycles. The molecule has 4 aromatic rings. The highest BCUT2D eigenvalue weighted by molar-refractivity contribution is 6.30. The minimum atomic E-state index is -0.135. The maximum atomic E-state index is 12.1. The Bertz CT molecular complexity index is 1020. The summed E-state index contributed by atoms with van der Waals surface area (Å²) in [5, 5.41) is 3.50. The number of carbonyl (C=O) groups excluding carboxylic acids is 1. The highest BCUT2D eigenvalue weighted by Crippen LogP contribution is 2.24. The molecule has 0 bridgehead atoms. The molecule has 0 spiro atoms. The predicted molar refractivity (Wildman–Crippen MR) is 102 cm³/mol. The van der Waals surface area contributed by atoms with Gasteiger partial charge in [-0.15, -0.1) is 0 Å². The summed E-state index contributed by atoms with van der Waals surface area (Å²) < 4.78 is 5.77. The van der Waals surface area contributed by atoms with Gasteiger partial charge in [-0.1, -0.05) is 35.9 Å². The van der Waals surface area contributed by atoms with Gasteiger partial charge in [0.15, 0.2) is 5.58 Å². The topological polar surface area (TPSA) is 55.1 Å². The van der Waals surface area contributed by atoms with E-state index in [1.54, 1.807) is 24.3 Å². The normalized spacial score (nSPS) is 10.8. The third-order valence-corrected chi connectivity index (χ3v) is 4.31. The highest BCUT2D eigenvalue weighted by Gasteiger charge is 2.08. The van der Waals surface area contributed by atoms with Gasteiger partial charge in [0.05, 0.1) is 0 Å². The molecule has 1 heterocycles. The van der Waals surface area contributed by atoms with Crippen LogP contribution in [0.1, 0.15) is 15.9 Å². The van der Waals surface area contributed by atoms with Gasteiger partial charge in [0, 0.05) is 22.7 Å². The van der Waals surface area contributed by atoms with Gasteiger partial charge in [0.1, 0.15) is 5.52 Å². The summed E-state index contributed by atoms with van der Waals surface area (Å²) in [5.41, 5.74) is 4.07. The van der Waals surface area contributed by atoms with Crippen LogP contribution in [0.2, 0.25) is 5.02 Å². The van der Waals surface area contributed by atoms with E-state index in [0.29, 0.717) is 23.0 Å². The van der Waals surface area contributed by atoms with Crippen LogP contribution < -0.4 is 5.32 Å². The first-order valence-electron chi connectivity index (χ1n) is 8.18. The molecule has 0 unspecified atom stereocenters. The molecule has 0 radical (unpaired) electrons. The molecule has 0 saturated carbocycles. The fourth-order valence-electron chi connectivity index (χ4n) is 2.65. The van der Waals surface area contributed by atoms with E-state index in [4.69, 9.17) is 16.0 Å². The molecule has 0 fully saturated rings. The SMILES string of the molecule is O=C(NCc1ccc(-c2nc3ccccc3o2)cc1)c1ccc(Cl)cc1. The number of amides is 1. The molecule has 26 heavy (non-hydrogen) atoms. The van der Waals surface area contributed by atoms with Crippen molar-refractivity contribution in [3.63, 3.8) is 0 Å². The van der Waals surface area contributed by atoms with E-state index in [9.17, 15) is 4.79 Å².